The maximum atomic E-state index is 6.14. The molecule has 0 saturated heterocycles. The van der Waals surface area contributed by atoms with Gasteiger partial charge in [0.1, 0.15) is 5.15 Å². The topological polar surface area (TPSA) is 29.0 Å². The highest BCUT2D eigenvalue weighted by molar-refractivity contribution is 6.34. The maximum Gasteiger partial charge on any atom is 0.130 e. The Morgan fingerprint density at radius 1 is 1.21 bits per heavy atom. The normalized spacial score (nSPS) is 11.0. The van der Waals surface area contributed by atoms with E-state index in [9.17, 15) is 0 Å². The molecule has 0 bridgehead atoms. The van der Waals surface area contributed by atoms with E-state index < -0.39 is 0 Å². The van der Waals surface area contributed by atoms with Crippen LogP contribution in [-0.4, -0.2) is 21.9 Å². The van der Waals surface area contributed by atoms with Gasteiger partial charge in [0, 0.05) is 35.6 Å². The molecule has 0 atom stereocenters. The summed E-state index contributed by atoms with van der Waals surface area (Å²) in [7, 11) is 2.02. The lowest BCUT2D eigenvalue weighted by Crippen LogP contribution is -2.18. The number of aromatic nitrogens is 2. The van der Waals surface area contributed by atoms with Crippen LogP contribution < -0.4 is 0 Å². The van der Waals surface area contributed by atoms with Gasteiger partial charge in [-0.05, 0) is 32.2 Å². The molecule has 0 aliphatic rings. The molecule has 0 radical (unpaired) electrons. The van der Waals surface area contributed by atoms with Gasteiger partial charge in [-0.2, -0.15) is 0 Å². The molecule has 0 aliphatic heterocycles. The molecule has 0 aromatic carbocycles. The lowest BCUT2D eigenvalue weighted by molar-refractivity contribution is 0.314. The van der Waals surface area contributed by atoms with E-state index in [1.165, 1.54) is 0 Å². The monoisotopic (exact) mass is 295 g/mol. The van der Waals surface area contributed by atoms with Gasteiger partial charge >= 0.3 is 0 Å². The second kappa shape index (κ2) is 6.33. The smallest absolute Gasteiger partial charge is 0.130 e. The second-order valence-electron chi connectivity index (χ2n) is 4.54. The molecular formula is C14H15Cl2N3. The van der Waals surface area contributed by atoms with Crippen molar-refractivity contribution >= 4 is 23.2 Å². The molecular weight excluding hydrogens is 281 g/mol. The van der Waals surface area contributed by atoms with Crippen molar-refractivity contribution in [1.82, 2.24) is 14.9 Å². The van der Waals surface area contributed by atoms with Crippen molar-refractivity contribution < 1.29 is 0 Å². The fourth-order valence-corrected chi connectivity index (χ4v) is 2.29. The summed E-state index contributed by atoms with van der Waals surface area (Å²) in [6.07, 6.45) is 1.71. The minimum Gasteiger partial charge on any atom is -0.296 e. The Bertz CT molecular complexity index is 572. The number of rotatable bonds is 4. The van der Waals surface area contributed by atoms with E-state index in [1.54, 1.807) is 12.3 Å². The third-order valence-corrected chi connectivity index (χ3v) is 3.27. The first-order valence-corrected chi connectivity index (χ1v) is 6.71. The van der Waals surface area contributed by atoms with Gasteiger partial charge in [-0.1, -0.05) is 29.3 Å². The second-order valence-corrected chi connectivity index (χ2v) is 5.34. The Hall–Kier alpha value is -1.16. The van der Waals surface area contributed by atoms with Crippen LogP contribution in [0.5, 0.6) is 0 Å². The largest absolute Gasteiger partial charge is 0.296 e. The molecule has 0 aliphatic carbocycles. The Morgan fingerprint density at radius 2 is 2.00 bits per heavy atom. The minimum absolute atomic E-state index is 0.414. The van der Waals surface area contributed by atoms with Gasteiger partial charge in [-0.15, -0.1) is 0 Å². The molecule has 2 heterocycles. The van der Waals surface area contributed by atoms with E-state index in [0.717, 1.165) is 23.5 Å². The van der Waals surface area contributed by atoms with Crippen LogP contribution in [0, 0.1) is 6.92 Å². The molecule has 100 valence electrons. The Kier molecular flexibility index (Phi) is 4.75. The quantitative estimate of drug-likeness (QED) is 0.805. The molecule has 0 N–H and O–H groups in total. The number of hydrogen-bond acceptors (Lipinski definition) is 3. The maximum absolute atomic E-state index is 6.14. The molecule has 0 amide bonds. The van der Waals surface area contributed by atoms with Crippen molar-refractivity contribution in [1.29, 1.82) is 0 Å². The van der Waals surface area contributed by atoms with E-state index in [0.29, 0.717) is 16.7 Å². The minimum atomic E-state index is 0.414. The van der Waals surface area contributed by atoms with Crippen molar-refractivity contribution in [3.05, 3.63) is 57.6 Å². The van der Waals surface area contributed by atoms with Gasteiger partial charge < -0.3 is 0 Å². The zero-order valence-electron chi connectivity index (χ0n) is 10.9. The molecule has 3 nitrogen and oxygen atoms in total. The number of nitrogens with zero attached hydrogens (tertiary/aromatic N) is 3. The van der Waals surface area contributed by atoms with Crippen LogP contribution in [0.3, 0.4) is 0 Å². The summed E-state index contributed by atoms with van der Waals surface area (Å²) in [6, 6.07) is 7.69. The summed E-state index contributed by atoms with van der Waals surface area (Å²) in [5.41, 5.74) is 3.03. The third kappa shape index (κ3) is 4.16. The fraction of sp³-hybridized carbons (Fsp3) is 0.286. The molecule has 5 heteroatoms. The van der Waals surface area contributed by atoms with Crippen LogP contribution in [0.1, 0.15) is 17.0 Å². The van der Waals surface area contributed by atoms with Crippen LogP contribution >= 0.6 is 23.2 Å². The summed E-state index contributed by atoms with van der Waals surface area (Å²) in [5, 5.41) is 1.06. The summed E-state index contributed by atoms with van der Waals surface area (Å²) < 4.78 is 0. The lowest BCUT2D eigenvalue weighted by Gasteiger charge is -2.17. The van der Waals surface area contributed by atoms with Crippen LogP contribution in [0.2, 0.25) is 10.2 Å². The molecule has 0 fully saturated rings. The summed E-state index contributed by atoms with van der Waals surface area (Å²) >= 11 is 11.9. The highest BCUT2D eigenvalue weighted by atomic mass is 35.5. The number of hydrogen-bond donors (Lipinski definition) is 0. The molecule has 2 rings (SSSR count). The van der Waals surface area contributed by atoms with E-state index in [1.807, 2.05) is 32.2 Å². The van der Waals surface area contributed by atoms with Crippen LogP contribution in [-0.2, 0) is 13.1 Å². The molecule has 0 spiro atoms. The fourth-order valence-electron chi connectivity index (χ4n) is 1.86. The predicted octanol–water partition coefficient (Wildman–Crippen LogP) is 3.72. The Balaban J connectivity index is 2.03. The van der Waals surface area contributed by atoms with Crippen molar-refractivity contribution in [2.24, 2.45) is 0 Å². The zero-order valence-corrected chi connectivity index (χ0v) is 12.4. The summed E-state index contributed by atoms with van der Waals surface area (Å²) in [5.74, 6) is 0. The first kappa shape index (κ1) is 14.3. The van der Waals surface area contributed by atoms with Gasteiger partial charge in [0.05, 0.1) is 5.69 Å². The highest BCUT2D eigenvalue weighted by Crippen LogP contribution is 2.20. The van der Waals surface area contributed by atoms with Crippen LogP contribution in [0.4, 0.5) is 0 Å². The summed E-state index contributed by atoms with van der Waals surface area (Å²) in [4.78, 5) is 10.7. The van der Waals surface area contributed by atoms with E-state index in [4.69, 9.17) is 23.2 Å². The number of pyridine rings is 2. The van der Waals surface area contributed by atoms with Crippen LogP contribution in [0.25, 0.3) is 0 Å². The van der Waals surface area contributed by atoms with E-state index in [-0.39, 0.29) is 0 Å². The van der Waals surface area contributed by atoms with Crippen molar-refractivity contribution in [3.8, 4) is 0 Å². The average molecular weight is 296 g/mol. The Morgan fingerprint density at radius 3 is 2.68 bits per heavy atom. The van der Waals surface area contributed by atoms with Gasteiger partial charge in [0.25, 0.3) is 0 Å². The average Bonchev–Trinajstić information content (AvgIpc) is 2.33. The van der Waals surface area contributed by atoms with Crippen molar-refractivity contribution in [3.63, 3.8) is 0 Å². The standard InChI is InChI=1S/C14H15Cl2N3/c1-10-4-3-5-12(18-10)9-19(2)8-11-7-17-14(16)6-13(11)15/h3-7H,8-9H2,1-2H3. The van der Waals surface area contributed by atoms with Crippen molar-refractivity contribution in [2.75, 3.05) is 7.05 Å². The first-order valence-electron chi connectivity index (χ1n) is 5.95. The van der Waals surface area contributed by atoms with E-state index >= 15 is 0 Å². The molecule has 0 unspecified atom stereocenters. The predicted molar refractivity (Wildman–Crippen MR) is 78.4 cm³/mol. The van der Waals surface area contributed by atoms with Crippen LogP contribution in [0.15, 0.2) is 30.5 Å². The summed E-state index contributed by atoms with van der Waals surface area (Å²) in [6.45, 7) is 3.46. The lowest BCUT2D eigenvalue weighted by atomic mass is 10.2. The van der Waals surface area contributed by atoms with Gasteiger partial charge in [0.15, 0.2) is 0 Å². The van der Waals surface area contributed by atoms with Gasteiger partial charge in [0.2, 0.25) is 0 Å². The van der Waals surface area contributed by atoms with Gasteiger partial charge in [-0.25, -0.2) is 4.98 Å². The number of halogens is 2. The van der Waals surface area contributed by atoms with E-state index in [2.05, 4.69) is 14.9 Å². The van der Waals surface area contributed by atoms with Crippen molar-refractivity contribution in [2.45, 2.75) is 20.0 Å². The molecule has 2 aromatic rings. The SMILES string of the molecule is Cc1cccc(CN(C)Cc2cnc(Cl)cc2Cl)n1. The molecule has 2 aromatic heterocycles. The zero-order chi connectivity index (χ0) is 13.8. The molecule has 0 saturated carbocycles. The van der Waals surface area contributed by atoms with Gasteiger partial charge in [-0.3, -0.25) is 9.88 Å². The first-order chi connectivity index (χ1) is 9.04. The highest BCUT2D eigenvalue weighted by Gasteiger charge is 2.07. The number of aryl methyl sites for hydroxylation is 1. The molecule has 19 heavy (non-hydrogen) atoms. The Labute approximate surface area is 123 Å². The third-order valence-electron chi connectivity index (χ3n) is 2.71.